The fourth-order valence-electron chi connectivity index (χ4n) is 5.85. The van der Waals surface area contributed by atoms with Crippen molar-refractivity contribution in [3.63, 3.8) is 0 Å². The molecular formula is C31H46O2. The highest BCUT2D eigenvalue weighted by Gasteiger charge is 2.52. The molecule has 182 valence electrons. The fourth-order valence-corrected chi connectivity index (χ4v) is 5.85. The molecule has 3 atom stereocenters. The van der Waals surface area contributed by atoms with Crippen LogP contribution in [0.3, 0.4) is 0 Å². The molecule has 1 heterocycles. The van der Waals surface area contributed by atoms with Gasteiger partial charge in [0.1, 0.15) is 17.1 Å². The van der Waals surface area contributed by atoms with Crippen molar-refractivity contribution in [2.75, 3.05) is 0 Å². The van der Waals surface area contributed by atoms with Crippen molar-refractivity contribution in [3.8, 4) is 11.5 Å². The Morgan fingerprint density at radius 3 is 2.21 bits per heavy atom. The Morgan fingerprint density at radius 2 is 1.55 bits per heavy atom. The van der Waals surface area contributed by atoms with Crippen LogP contribution < -0.4 is 4.74 Å². The monoisotopic (exact) mass is 450 g/mol. The standard InChI is InChI=1S/C31H46O2/c1-8-10-11-12-13-14-15-16-25-17-18-26-28(21-25)33-31(7,24(5)30(26,6)9-2)27-20-22(3)19-23(4)29(27)32/h17-21,24,32H,8-16H2,1-7H3. The molecule has 0 amide bonds. The second kappa shape index (κ2) is 10.5. The maximum atomic E-state index is 11.0. The van der Waals surface area contributed by atoms with Gasteiger partial charge in [0.15, 0.2) is 0 Å². The van der Waals surface area contributed by atoms with E-state index in [-0.39, 0.29) is 11.3 Å². The smallest absolute Gasteiger partial charge is 0.138 e. The first-order chi connectivity index (χ1) is 15.7. The third kappa shape index (κ3) is 5.10. The lowest BCUT2D eigenvalue weighted by molar-refractivity contribution is -0.0329. The van der Waals surface area contributed by atoms with Gasteiger partial charge in [-0.1, -0.05) is 90.0 Å². The van der Waals surface area contributed by atoms with Crippen molar-refractivity contribution in [3.05, 3.63) is 58.1 Å². The molecule has 0 aliphatic carbocycles. The minimum Gasteiger partial charge on any atom is -0.507 e. The van der Waals surface area contributed by atoms with Gasteiger partial charge in [-0.3, -0.25) is 0 Å². The van der Waals surface area contributed by atoms with E-state index in [4.69, 9.17) is 4.74 Å². The van der Waals surface area contributed by atoms with Gasteiger partial charge in [-0.05, 0) is 63.3 Å². The maximum absolute atomic E-state index is 11.0. The van der Waals surface area contributed by atoms with Crippen molar-refractivity contribution in [2.24, 2.45) is 5.92 Å². The van der Waals surface area contributed by atoms with E-state index in [0.717, 1.165) is 35.3 Å². The van der Waals surface area contributed by atoms with Crippen molar-refractivity contribution >= 4 is 0 Å². The van der Waals surface area contributed by atoms with E-state index in [1.807, 2.05) is 13.0 Å². The normalized spacial score (nSPS) is 24.4. The predicted molar refractivity (Wildman–Crippen MR) is 141 cm³/mol. The highest BCUT2D eigenvalue weighted by molar-refractivity contribution is 5.51. The van der Waals surface area contributed by atoms with E-state index in [9.17, 15) is 5.11 Å². The van der Waals surface area contributed by atoms with Crippen molar-refractivity contribution in [1.82, 2.24) is 0 Å². The van der Waals surface area contributed by atoms with Crippen LogP contribution in [0.25, 0.3) is 0 Å². The minimum absolute atomic E-state index is 0.0236. The highest BCUT2D eigenvalue weighted by Crippen LogP contribution is 2.55. The van der Waals surface area contributed by atoms with Gasteiger partial charge in [-0.2, -0.15) is 0 Å². The summed E-state index contributed by atoms with van der Waals surface area (Å²) in [6.45, 7) is 15.5. The number of ether oxygens (including phenoxy) is 1. The number of aromatic hydroxyl groups is 1. The van der Waals surface area contributed by atoms with Gasteiger partial charge in [-0.25, -0.2) is 0 Å². The van der Waals surface area contributed by atoms with Crippen molar-refractivity contribution < 1.29 is 9.84 Å². The molecule has 33 heavy (non-hydrogen) atoms. The zero-order chi connectivity index (χ0) is 24.2. The molecular weight excluding hydrogens is 404 g/mol. The molecule has 1 N–H and O–H groups in total. The molecule has 0 fully saturated rings. The zero-order valence-corrected chi connectivity index (χ0v) is 22.2. The van der Waals surface area contributed by atoms with Gasteiger partial charge < -0.3 is 9.84 Å². The van der Waals surface area contributed by atoms with Gasteiger partial charge in [0.25, 0.3) is 0 Å². The quantitative estimate of drug-likeness (QED) is 0.366. The summed E-state index contributed by atoms with van der Waals surface area (Å²) in [4.78, 5) is 0. The van der Waals surface area contributed by atoms with E-state index in [1.165, 1.54) is 56.1 Å². The van der Waals surface area contributed by atoms with Gasteiger partial charge in [0, 0.05) is 22.5 Å². The van der Waals surface area contributed by atoms with Gasteiger partial charge >= 0.3 is 0 Å². The predicted octanol–water partition coefficient (Wildman–Crippen LogP) is 8.91. The summed E-state index contributed by atoms with van der Waals surface area (Å²) in [6, 6.07) is 11.1. The number of aryl methyl sites for hydroxylation is 3. The first kappa shape index (κ1) is 25.7. The van der Waals surface area contributed by atoms with Crippen LogP contribution in [0, 0.1) is 19.8 Å². The van der Waals surface area contributed by atoms with E-state index in [0.29, 0.717) is 5.75 Å². The molecule has 2 aromatic rings. The summed E-state index contributed by atoms with van der Waals surface area (Å²) in [7, 11) is 0. The average molecular weight is 451 g/mol. The molecule has 0 saturated heterocycles. The van der Waals surface area contributed by atoms with E-state index in [2.05, 4.69) is 65.8 Å². The first-order valence-electron chi connectivity index (χ1n) is 13.3. The number of hydrogen-bond acceptors (Lipinski definition) is 2. The average Bonchev–Trinajstić information content (AvgIpc) is 2.79. The third-order valence-electron chi connectivity index (χ3n) is 8.55. The molecule has 0 aromatic heterocycles. The Morgan fingerprint density at radius 1 is 0.879 bits per heavy atom. The molecule has 3 unspecified atom stereocenters. The minimum atomic E-state index is -0.587. The van der Waals surface area contributed by atoms with Gasteiger partial charge in [0.2, 0.25) is 0 Å². The van der Waals surface area contributed by atoms with Crippen LogP contribution >= 0.6 is 0 Å². The summed E-state index contributed by atoms with van der Waals surface area (Å²) < 4.78 is 6.86. The van der Waals surface area contributed by atoms with E-state index < -0.39 is 5.60 Å². The molecule has 2 nitrogen and oxygen atoms in total. The number of phenols is 1. The number of phenolic OH excluding ortho intramolecular Hbond substituents is 1. The molecule has 2 heteroatoms. The second-order valence-corrected chi connectivity index (χ2v) is 10.9. The lowest BCUT2D eigenvalue weighted by Crippen LogP contribution is -2.51. The zero-order valence-electron chi connectivity index (χ0n) is 22.2. The van der Waals surface area contributed by atoms with Crippen LogP contribution in [-0.4, -0.2) is 5.11 Å². The Labute approximate surface area is 202 Å². The number of fused-ring (bicyclic) bond motifs is 1. The van der Waals surface area contributed by atoms with Crippen LogP contribution in [0.15, 0.2) is 30.3 Å². The summed E-state index contributed by atoms with van der Waals surface area (Å²) in [6.07, 6.45) is 11.4. The molecule has 1 aliphatic heterocycles. The summed E-state index contributed by atoms with van der Waals surface area (Å²) in [5.41, 5.74) is 5.05. The Kier molecular flexibility index (Phi) is 8.19. The Bertz CT molecular complexity index is 946. The lowest BCUT2D eigenvalue weighted by Gasteiger charge is -2.51. The number of hydrogen-bond donors (Lipinski definition) is 1. The topological polar surface area (TPSA) is 29.5 Å². The Hall–Kier alpha value is -1.96. The molecule has 0 radical (unpaired) electrons. The lowest BCUT2D eigenvalue weighted by atomic mass is 9.61. The molecule has 3 rings (SSSR count). The van der Waals surface area contributed by atoms with Crippen LogP contribution in [0.2, 0.25) is 0 Å². The maximum Gasteiger partial charge on any atom is 0.138 e. The third-order valence-corrected chi connectivity index (χ3v) is 8.55. The number of rotatable bonds is 10. The molecule has 0 bridgehead atoms. The second-order valence-electron chi connectivity index (χ2n) is 10.9. The fraction of sp³-hybridized carbons (Fsp3) is 0.613. The summed E-state index contributed by atoms with van der Waals surface area (Å²) in [5.74, 6) is 1.58. The first-order valence-corrected chi connectivity index (χ1v) is 13.3. The summed E-state index contributed by atoms with van der Waals surface area (Å²) in [5, 5.41) is 11.0. The van der Waals surface area contributed by atoms with E-state index >= 15 is 0 Å². The molecule has 2 aromatic carbocycles. The van der Waals surface area contributed by atoms with Gasteiger partial charge in [0.05, 0.1) is 0 Å². The molecule has 0 spiro atoms. The van der Waals surface area contributed by atoms with Crippen LogP contribution in [0.5, 0.6) is 11.5 Å². The van der Waals surface area contributed by atoms with Crippen molar-refractivity contribution in [2.45, 2.75) is 117 Å². The molecule has 0 saturated carbocycles. The Balaban J connectivity index is 1.88. The highest BCUT2D eigenvalue weighted by atomic mass is 16.5. The largest absolute Gasteiger partial charge is 0.507 e. The van der Waals surface area contributed by atoms with E-state index in [1.54, 1.807) is 0 Å². The SMILES string of the molecule is CCCCCCCCCc1ccc2c(c1)OC(C)(c1cc(C)cc(C)c1O)C(C)C2(C)CC. The van der Waals surface area contributed by atoms with Crippen molar-refractivity contribution in [1.29, 1.82) is 0 Å². The van der Waals surface area contributed by atoms with Crippen LogP contribution in [-0.2, 0) is 17.4 Å². The van der Waals surface area contributed by atoms with Crippen LogP contribution in [0.1, 0.15) is 114 Å². The van der Waals surface area contributed by atoms with Gasteiger partial charge in [-0.15, -0.1) is 0 Å². The number of unbranched alkanes of at least 4 members (excludes halogenated alkanes) is 6. The molecule has 1 aliphatic rings. The number of benzene rings is 2. The van der Waals surface area contributed by atoms with Crippen LogP contribution in [0.4, 0.5) is 0 Å². The summed E-state index contributed by atoms with van der Waals surface area (Å²) >= 11 is 0.